The summed E-state index contributed by atoms with van der Waals surface area (Å²) in [5.74, 6) is 0.815. The van der Waals surface area contributed by atoms with Gasteiger partial charge in [0.15, 0.2) is 0 Å². The van der Waals surface area contributed by atoms with Crippen molar-refractivity contribution in [2.24, 2.45) is 0 Å². The highest BCUT2D eigenvalue weighted by Gasteiger charge is 2.10. The van der Waals surface area contributed by atoms with Crippen molar-refractivity contribution in [2.75, 3.05) is 11.9 Å². The number of pyridine rings is 1. The summed E-state index contributed by atoms with van der Waals surface area (Å²) in [4.78, 5) is 6.16. The van der Waals surface area contributed by atoms with E-state index >= 15 is 0 Å². The fourth-order valence-electron chi connectivity index (χ4n) is 1.21. The lowest BCUT2D eigenvalue weighted by Gasteiger charge is -2.23. The van der Waals surface area contributed by atoms with Gasteiger partial charge in [-0.25, -0.2) is 4.98 Å². The zero-order chi connectivity index (χ0) is 11.3. The van der Waals surface area contributed by atoms with Crippen LogP contribution in [-0.2, 0) is 6.61 Å². The van der Waals surface area contributed by atoms with Crippen LogP contribution in [0.1, 0.15) is 18.9 Å². The number of aromatic nitrogens is 1. The highest BCUT2D eigenvalue weighted by molar-refractivity contribution is 5.39. The van der Waals surface area contributed by atoms with E-state index in [1.54, 1.807) is 6.20 Å². The molecule has 1 atom stereocenters. The predicted molar refractivity (Wildman–Crippen MR) is 58.3 cm³/mol. The molecule has 15 heavy (non-hydrogen) atoms. The number of hydrogen-bond donors (Lipinski definition) is 1. The highest BCUT2D eigenvalue weighted by atomic mass is 16.3. The molecular weight excluding hydrogens is 190 g/mol. The number of aliphatic hydroxyl groups is 1. The zero-order valence-corrected chi connectivity index (χ0v) is 9.01. The quantitative estimate of drug-likeness (QED) is 0.805. The van der Waals surface area contributed by atoms with Gasteiger partial charge >= 0.3 is 0 Å². The van der Waals surface area contributed by atoms with Crippen LogP contribution in [-0.4, -0.2) is 23.2 Å². The Kier molecular flexibility index (Phi) is 4.07. The molecule has 1 rings (SSSR count). The standard InChI is InChI=1S/C11H15N3O/c1-9(5-6-12)14(2)11-4-3-10(8-15)7-13-11/h3-4,7,9,15H,5,8H2,1-2H3. The van der Waals surface area contributed by atoms with Crippen LogP contribution in [0.4, 0.5) is 5.82 Å². The van der Waals surface area contributed by atoms with Gasteiger partial charge in [0.1, 0.15) is 5.82 Å². The normalized spacial score (nSPS) is 11.9. The van der Waals surface area contributed by atoms with Gasteiger partial charge in [0.2, 0.25) is 0 Å². The van der Waals surface area contributed by atoms with Crippen molar-refractivity contribution >= 4 is 5.82 Å². The summed E-state index contributed by atoms with van der Waals surface area (Å²) in [6.07, 6.45) is 2.12. The maximum atomic E-state index is 8.86. The average molecular weight is 205 g/mol. The van der Waals surface area contributed by atoms with E-state index in [1.807, 2.05) is 31.0 Å². The van der Waals surface area contributed by atoms with Crippen molar-refractivity contribution in [3.63, 3.8) is 0 Å². The van der Waals surface area contributed by atoms with E-state index in [9.17, 15) is 0 Å². The third-order valence-corrected chi connectivity index (χ3v) is 2.40. The van der Waals surface area contributed by atoms with Crippen molar-refractivity contribution in [1.29, 1.82) is 5.26 Å². The van der Waals surface area contributed by atoms with E-state index in [2.05, 4.69) is 11.1 Å². The summed E-state index contributed by atoms with van der Waals surface area (Å²) in [5.41, 5.74) is 0.792. The van der Waals surface area contributed by atoms with Gasteiger partial charge in [-0.3, -0.25) is 0 Å². The Hall–Kier alpha value is -1.60. The molecule has 1 aromatic rings. The van der Waals surface area contributed by atoms with E-state index in [-0.39, 0.29) is 12.6 Å². The van der Waals surface area contributed by atoms with E-state index in [0.29, 0.717) is 6.42 Å². The second-order valence-corrected chi connectivity index (χ2v) is 3.50. The van der Waals surface area contributed by atoms with Crippen molar-refractivity contribution in [3.05, 3.63) is 23.9 Å². The molecule has 0 aliphatic carbocycles. The second-order valence-electron chi connectivity index (χ2n) is 3.50. The fraction of sp³-hybridized carbons (Fsp3) is 0.455. The topological polar surface area (TPSA) is 60.2 Å². The number of hydrogen-bond acceptors (Lipinski definition) is 4. The minimum atomic E-state index is 0.00471. The van der Waals surface area contributed by atoms with Gasteiger partial charge in [-0.15, -0.1) is 0 Å². The van der Waals surface area contributed by atoms with Crippen molar-refractivity contribution in [1.82, 2.24) is 4.98 Å². The minimum Gasteiger partial charge on any atom is -0.392 e. The lowest BCUT2D eigenvalue weighted by molar-refractivity contribution is 0.281. The Morgan fingerprint density at radius 1 is 1.60 bits per heavy atom. The van der Waals surface area contributed by atoms with Crippen LogP contribution in [0.3, 0.4) is 0 Å². The molecule has 4 nitrogen and oxygen atoms in total. The molecule has 1 heterocycles. The Morgan fingerprint density at radius 3 is 2.80 bits per heavy atom. The zero-order valence-electron chi connectivity index (χ0n) is 9.01. The Labute approximate surface area is 89.8 Å². The lowest BCUT2D eigenvalue weighted by atomic mass is 10.2. The van der Waals surface area contributed by atoms with E-state index in [1.165, 1.54) is 0 Å². The van der Waals surface area contributed by atoms with Crippen molar-refractivity contribution in [2.45, 2.75) is 26.0 Å². The maximum Gasteiger partial charge on any atom is 0.128 e. The second kappa shape index (κ2) is 5.32. The molecule has 0 bridgehead atoms. The summed E-state index contributed by atoms with van der Waals surface area (Å²) < 4.78 is 0. The third kappa shape index (κ3) is 2.93. The van der Waals surface area contributed by atoms with E-state index < -0.39 is 0 Å². The van der Waals surface area contributed by atoms with Crippen LogP contribution in [0.5, 0.6) is 0 Å². The van der Waals surface area contributed by atoms with E-state index in [4.69, 9.17) is 10.4 Å². The van der Waals surface area contributed by atoms with Crippen molar-refractivity contribution < 1.29 is 5.11 Å². The molecule has 0 amide bonds. The smallest absolute Gasteiger partial charge is 0.128 e. The molecule has 0 radical (unpaired) electrons. The number of rotatable bonds is 4. The largest absolute Gasteiger partial charge is 0.392 e. The van der Waals surface area contributed by atoms with Crippen LogP contribution in [0.2, 0.25) is 0 Å². The summed E-state index contributed by atoms with van der Waals surface area (Å²) in [7, 11) is 1.91. The van der Waals surface area contributed by atoms with Crippen molar-refractivity contribution in [3.8, 4) is 6.07 Å². The molecule has 0 aromatic carbocycles. The Bertz CT molecular complexity index is 342. The molecule has 0 saturated carbocycles. The van der Waals surface area contributed by atoms with Crippen LogP contribution >= 0.6 is 0 Å². The number of nitriles is 1. The number of aliphatic hydroxyl groups excluding tert-OH is 1. The molecule has 80 valence electrons. The van der Waals surface area contributed by atoms with Gasteiger partial charge in [0, 0.05) is 19.3 Å². The highest BCUT2D eigenvalue weighted by Crippen LogP contribution is 2.13. The third-order valence-electron chi connectivity index (χ3n) is 2.40. The monoisotopic (exact) mass is 205 g/mol. The van der Waals surface area contributed by atoms with Gasteiger partial charge in [-0.05, 0) is 18.6 Å². The first-order valence-corrected chi connectivity index (χ1v) is 4.84. The fourth-order valence-corrected chi connectivity index (χ4v) is 1.21. The molecular formula is C11H15N3O. The van der Waals surface area contributed by atoms with Gasteiger partial charge < -0.3 is 10.0 Å². The maximum absolute atomic E-state index is 8.86. The van der Waals surface area contributed by atoms with Crippen LogP contribution in [0.25, 0.3) is 0 Å². The first-order valence-electron chi connectivity index (χ1n) is 4.84. The Balaban J connectivity index is 2.74. The lowest BCUT2D eigenvalue weighted by Crippen LogP contribution is -2.29. The molecule has 0 aliphatic rings. The van der Waals surface area contributed by atoms with Gasteiger partial charge in [0.25, 0.3) is 0 Å². The molecule has 4 heteroatoms. The van der Waals surface area contributed by atoms with Crippen LogP contribution in [0.15, 0.2) is 18.3 Å². The molecule has 1 unspecified atom stereocenters. The summed E-state index contributed by atoms with van der Waals surface area (Å²) in [6.45, 7) is 1.98. The summed E-state index contributed by atoms with van der Waals surface area (Å²) in [6, 6.07) is 5.95. The molecule has 0 fully saturated rings. The summed E-state index contributed by atoms with van der Waals surface area (Å²) in [5, 5.41) is 17.4. The predicted octanol–water partition coefficient (Wildman–Crippen LogP) is 1.31. The Morgan fingerprint density at radius 2 is 2.33 bits per heavy atom. The number of anilines is 1. The first kappa shape index (κ1) is 11.5. The molecule has 0 aliphatic heterocycles. The van der Waals surface area contributed by atoms with Gasteiger partial charge in [0.05, 0.1) is 19.1 Å². The van der Waals surface area contributed by atoms with E-state index in [0.717, 1.165) is 11.4 Å². The molecule has 1 aromatic heterocycles. The molecule has 0 saturated heterocycles. The van der Waals surface area contributed by atoms with Crippen LogP contribution < -0.4 is 4.90 Å². The van der Waals surface area contributed by atoms with Gasteiger partial charge in [-0.1, -0.05) is 6.07 Å². The average Bonchev–Trinajstić information content (AvgIpc) is 2.28. The number of nitrogens with zero attached hydrogens (tertiary/aromatic N) is 3. The van der Waals surface area contributed by atoms with Crippen LogP contribution in [0, 0.1) is 11.3 Å². The van der Waals surface area contributed by atoms with Gasteiger partial charge in [-0.2, -0.15) is 5.26 Å². The molecule has 0 spiro atoms. The SMILES string of the molecule is CC(CC#N)N(C)c1ccc(CO)cn1. The first-order chi connectivity index (χ1) is 7.19. The molecule has 1 N–H and O–H groups in total. The summed E-state index contributed by atoms with van der Waals surface area (Å²) >= 11 is 0. The minimum absolute atomic E-state index is 0.00471.